The lowest BCUT2D eigenvalue weighted by molar-refractivity contribution is -0.133. The highest BCUT2D eigenvalue weighted by molar-refractivity contribution is 6.08. The maximum absolute atomic E-state index is 13.9. The molecule has 7 nitrogen and oxygen atoms in total. The minimum absolute atomic E-state index is 0.101. The first-order valence-electron chi connectivity index (χ1n) is 12.5. The number of hydrogen-bond acceptors (Lipinski definition) is 4. The molecule has 2 atom stereocenters. The SMILES string of the molecule is CCN(CC)CCN1C(=O)N2C(Cc3ccccc3)c3[nH]c4ccc(OC)cc4c3C[C@@]2(C)C1=O. The van der Waals surface area contributed by atoms with Gasteiger partial charge in [-0.1, -0.05) is 44.2 Å². The predicted octanol–water partition coefficient (Wildman–Crippen LogP) is 4.38. The minimum atomic E-state index is -0.926. The van der Waals surface area contributed by atoms with Gasteiger partial charge in [0.1, 0.15) is 11.3 Å². The zero-order chi connectivity index (χ0) is 24.7. The van der Waals surface area contributed by atoms with Crippen molar-refractivity contribution in [2.75, 3.05) is 33.3 Å². The zero-order valence-electron chi connectivity index (χ0n) is 21.0. The second kappa shape index (κ2) is 9.04. The van der Waals surface area contributed by atoms with Crippen LogP contribution in [0.4, 0.5) is 4.79 Å². The van der Waals surface area contributed by atoms with Crippen molar-refractivity contribution in [3.8, 4) is 5.75 Å². The Labute approximate surface area is 206 Å². The molecule has 2 aliphatic heterocycles. The van der Waals surface area contributed by atoms with Gasteiger partial charge in [-0.05, 0) is 55.8 Å². The molecule has 0 radical (unpaired) electrons. The van der Waals surface area contributed by atoms with Crippen molar-refractivity contribution in [2.45, 2.75) is 45.2 Å². The number of ether oxygens (including phenoxy) is 1. The lowest BCUT2D eigenvalue weighted by Gasteiger charge is -2.42. The molecule has 3 aromatic rings. The summed E-state index contributed by atoms with van der Waals surface area (Å²) < 4.78 is 5.49. The number of nitrogens with zero attached hydrogens (tertiary/aromatic N) is 3. The first-order chi connectivity index (χ1) is 16.9. The maximum atomic E-state index is 13.9. The highest BCUT2D eigenvalue weighted by Crippen LogP contribution is 2.47. The van der Waals surface area contributed by atoms with Gasteiger partial charge in [-0.25, -0.2) is 4.79 Å². The van der Waals surface area contributed by atoms with E-state index in [9.17, 15) is 9.59 Å². The van der Waals surface area contributed by atoms with Crippen LogP contribution in [0.2, 0.25) is 0 Å². The van der Waals surface area contributed by atoms with E-state index in [2.05, 4.69) is 35.9 Å². The molecule has 2 aromatic carbocycles. The smallest absolute Gasteiger partial charge is 0.328 e. The summed E-state index contributed by atoms with van der Waals surface area (Å²) in [4.78, 5) is 36.9. The number of benzene rings is 2. The van der Waals surface area contributed by atoms with E-state index in [4.69, 9.17) is 4.74 Å². The Hall–Kier alpha value is -3.32. The van der Waals surface area contributed by atoms with E-state index in [1.165, 1.54) is 4.90 Å². The van der Waals surface area contributed by atoms with Gasteiger partial charge in [-0.3, -0.25) is 9.69 Å². The Bertz CT molecular complexity index is 1250. The average Bonchev–Trinajstić information content (AvgIpc) is 3.32. The predicted molar refractivity (Wildman–Crippen MR) is 137 cm³/mol. The molecular weight excluding hydrogens is 440 g/mol. The molecule has 1 fully saturated rings. The monoisotopic (exact) mass is 474 g/mol. The fourth-order valence-electron chi connectivity index (χ4n) is 5.79. The molecule has 7 heteroatoms. The van der Waals surface area contributed by atoms with Gasteiger partial charge in [0.2, 0.25) is 0 Å². The van der Waals surface area contributed by atoms with Gasteiger partial charge < -0.3 is 19.5 Å². The van der Waals surface area contributed by atoms with E-state index in [0.29, 0.717) is 25.9 Å². The van der Waals surface area contributed by atoms with Crippen molar-refractivity contribution in [3.63, 3.8) is 0 Å². The largest absolute Gasteiger partial charge is 0.497 e. The van der Waals surface area contributed by atoms with Crippen LogP contribution in [0.3, 0.4) is 0 Å². The highest BCUT2D eigenvalue weighted by Gasteiger charge is 2.59. The standard InChI is InChI=1S/C28H34N4O3/c1-5-30(6-2)14-15-31-26(33)28(3)18-22-21-17-20(35-4)12-13-23(21)29-25(22)24(32(28)27(31)34)16-19-10-8-7-9-11-19/h7-13,17,24,29H,5-6,14-16,18H2,1-4H3/t24?,28-/m0/s1. The Balaban J connectivity index is 1.59. The third-order valence-electron chi connectivity index (χ3n) is 7.79. The number of carbonyl (C=O) groups is 2. The van der Waals surface area contributed by atoms with Crippen LogP contribution < -0.4 is 4.74 Å². The van der Waals surface area contributed by atoms with Crippen LogP contribution in [0, 0.1) is 0 Å². The number of fused-ring (bicyclic) bond motifs is 4. The lowest BCUT2D eigenvalue weighted by Crippen LogP contribution is -2.53. The minimum Gasteiger partial charge on any atom is -0.497 e. The molecule has 1 aromatic heterocycles. The summed E-state index contributed by atoms with van der Waals surface area (Å²) in [5, 5.41) is 1.06. The summed E-state index contributed by atoms with van der Waals surface area (Å²) in [5.74, 6) is 0.678. The molecule has 5 rings (SSSR count). The topological polar surface area (TPSA) is 68.9 Å². The van der Waals surface area contributed by atoms with Gasteiger partial charge in [-0.15, -0.1) is 0 Å². The highest BCUT2D eigenvalue weighted by atomic mass is 16.5. The Morgan fingerprint density at radius 2 is 1.86 bits per heavy atom. The molecule has 3 heterocycles. The Morgan fingerprint density at radius 3 is 2.54 bits per heavy atom. The summed E-state index contributed by atoms with van der Waals surface area (Å²) in [6, 6.07) is 15.7. The van der Waals surface area contributed by atoms with Gasteiger partial charge in [-0.2, -0.15) is 0 Å². The third kappa shape index (κ3) is 3.78. The molecule has 184 valence electrons. The Kier molecular flexibility index (Phi) is 6.05. The van der Waals surface area contributed by atoms with E-state index >= 15 is 0 Å². The van der Waals surface area contributed by atoms with Crippen molar-refractivity contribution in [2.24, 2.45) is 0 Å². The number of H-pyrrole nitrogens is 1. The normalized spacial score (nSPS) is 21.7. The third-order valence-corrected chi connectivity index (χ3v) is 7.79. The number of imide groups is 1. The maximum Gasteiger partial charge on any atom is 0.328 e. The van der Waals surface area contributed by atoms with Crippen LogP contribution in [0.25, 0.3) is 10.9 Å². The molecule has 1 saturated heterocycles. The fraction of sp³-hybridized carbons (Fsp3) is 0.429. The molecule has 1 N–H and O–H groups in total. The number of rotatable bonds is 8. The number of nitrogens with one attached hydrogen (secondary N) is 1. The summed E-state index contributed by atoms with van der Waals surface area (Å²) in [6.45, 7) is 9.01. The van der Waals surface area contributed by atoms with Crippen LogP contribution in [-0.2, 0) is 17.6 Å². The summed E-state index contributed by atoms with van der Waals surface area (Å²) >= 11 is 0. The van der Waals surface area contributed by atoms with Crippen molar-refractivity contribution >= 4 is 22.8 Å². The lowest BCUT2D eigenvalue weighted by atomic mass is 9.81. The van der Waals surface area contributed by atoms with E-state index in [-0.39, 0.29) is 18.0 Å². The van der Waals surface area contributed by atoms with Gasteiger partial charge in [0.25, 0.3) is 5.91 Å². The van der Waals surface area contributed by atoms with Crippen LogP contribution in [0.1, 0.15) is 43.6 Å². The van der Waals surface area contributed by atoms with Crippen molar-refractivity contribution in [1.82, 2.24) is 19.7 Å². The molecule has 2 aliphatic rings. The average molecular weight is 475 g/mol. The van der Waals surface area contributed by atoms with Crippen LogP contribution >= 0.6 is 0 Å². The molecule has 0 spiro atoms. The van der Waals surface area contributed by atoms with Gasteiger partial charge in [0.15, 0.2) is 0 Å². The summed E-state index contributed by atoms with van der Waals surface area (Å²) in [6.07, 6.45) is 1.11. The second-order valence-electron chi connectivity index (χ2n) is 9.72. The summed E-state index contributed by atoms with van der Waals surface area (Å²) in [7, 11) is 1.66. The second-order valence-corrected chi connectivity index (χ2v) is 9.72. The fourth-order valence-corrected chi connectivity index (χ4v) is 5.79. The molecule has 0 aliphatic carbocycles. The molecule has 1 unspecified atom stereocenters. The van der Waals surface area contributed by atoms with Gasteiger partial charge in [0.05, 0.1) is 13.2 Å². The number of aromatic nitrogens is 1. The first kappa shape index (κ1) is 23.4. The number of aromatic amines is 1. The number of urea groups is 1. The van der Waals surface area contributed by atoms with E-state index in [1.807, 2.05) is 48.2 Å². The van der Waals surface area contributed by atoms with Crippen molar-refractivity contribution in [3.05, 3.63) is 65.4 Å². The molecular formula is C28H34N4O3. The number of amides is 3. The van der Waals surface area contributed by atoms with Crippen LogP contribution in [0.15, 0.2) is 48.5 Å². The Morgan fingerprint density at radius 1 is 1.11 bits per heavy atom. The van der Waals surface area contributed by atoms with Crippen LogP contribution in [-0.4, -0.2) is 70.4 Å². The van der Waals surface area contributed by atoms with Crippen molar-refractivity contribution < 1.29 is 14.3 Å². The van der Waals surface area contributed by atoms with E-state index < -0.39 is 5.54 Å². The van der Waals surface area contributed by atoms with E-state index in [0.717, 1.165) is 46.6 Å². The first-order valence-corrected chi connectivity index (χ1v) is 12.5. The number of hydrogen-bond donors (Lipinski definition) is 1. The molecule has 35 heavy (non-hydrogen) atoms. The number of carbonyl (C=O) groups excluding carboxylic acids is 2. The summed E-state index contributed by atoms with van der Waals surface area (Å²) in [5.41, 5.74) is 3.32. The van der Waals surface area contributed by atoms with Crippen molar-refractivity contribution in [1.29, 1.82) is 0 Å². The quantitative estimate of drug-likeness (QED) is 0.492. The molecule has 3 amide bonds. The van der Waals surface area contributed by atoms with Gasteiger partial charge >= 0.3 is 6.03 Å². The zero-order valence-corrected chi connectivity index (χ0v) is 21.0. The van der Waals surface area contributed by atoms with Gasteiger partial charge in [0, 0.05) is 36.1 Å². The number of likely N-dealkylation sites (N-methyl/N-ethyl adjacent to an activating group) is 1. The number of methoxy groups -OCH3 is 1. The molecule has 0 bridgehead atoms. The van der Waals surface area contributed by atoms with E-state index in [1.54, 1.807) is 7.11 Å². The molecule has 0 saturated carbocycles. The van der Waals surface area contributed by atoms with Crippen LogP contribution in [0.5, 0.6) is 5.75 Å².